The molecule has 3 atom stereocenters. The lowest BCUT2D eigenvalue weighted by atomic mass is 9.84. The van der Waals surface area contributed by atoms with E-state index < -0.39 is 10.8 Å². The maximum absolute atomic E-state index is 12.6. The Bertz CT molecular complexity index is 605. The van der Waals surface area contributed by atoms with Crippen molar-refractivity contribution in [3.05, 3.63) is 29.8 Å². The van der Waals surface area contributed by atoms with Crippen molar-refractivity contribution in [3.63, 3.8) is 0 Å². The predicted molar refractivity (Wildman–Crippen MR) is 96.3 cm³/mol. The predicted octanol–water partition coefficient (Wildman–Crippen LogP) is 2.05. The van der Waals surface area contributed by atoms with E-state index in [1.807, 2.05) is 24.3 Å². The zero-order valence-corrected chi connectivity index (χ0v) is 15.3. The molecule has 132 valence electrons. The van der Waals surface area contributed by atoms with Gasteiger partial charge in [0.2, 0.25) is 0 Å². The number of carbonyl (C=O) groups is 1. The summed E-state index contributed by atoms with van der Waals surface area (Å²) >= 11 is 0. The van der Waals surface area contributed by atoms with Crippen LogP contribution in [0.3, 0.4) is 0 Å². The third kappa shape index (κ3) is 3.98. The fraction of sp³-hybridized carbons (Fsp3) is 0.611. The Balaban J connectivity index is 1.57. The number of nitrogens with one attached hydrogen (secondary N) is 1. The van der Waals surface area contributed by atoms with Gasteiger partial charge in [-0.15, -0.1) is 0 Å². The van der Waals surface area contributed by atoms with Crippen LogP contribution in [0.1, 0.15) is 24.8 Å². The van der Waals surface area contributed by atoms with Crippen molar-refractivity contribution in [2.45, 2.75) is 36.7 Å². The second-order valence-electron chi connectivity index (χ2n) is 6.97. The van der Waals surface area contributed by atoms with Gasteiger partial charge in [-0.2, -0.15) is 0 Å². The van der Waals surface area contributed by atoms with Gasteiger partial charge in [-0.25, -0.2) is 4.79 Å². The highest BCUT2D eigenvalue weighted by molar-refractivity contribution is 7.84. The summed E-state index contributed by atoms with van der Waals surface area (Å²) in [5.41, 5.74) is 1.04. The lowest BCUT2D eigenvalue weighted by Gasteiger charge is -2.46. The molecule has 2 heterocycles. The van der Waals surface area contributed by atoms with Crippen LogP contribution >= 0.6 is 0 Å². The van der Waals surface area contributed by atoms with Gasteiger partial charge in [0.05, 0.1) is 0 Å². The van der Waals surface area contributed by atoms with Crippen molar-refractivity contribution in [3.8, 4) is 0 Å². The number of hydrogen-bond acceptors (Lipinski definition) is 3. The van der Waals surface area contributed by atoms with E-state index >= 15 is 0 Å². The fourth-order valence-electron chi connectivity index (χ4n) is 3.92. The van der Waals surface area contributed by atoms with Crippen LogP contribution in [0.2, 0.25) is 0 Å². The smallest absolute Gasteiger partial charge is 0.317 e. The van der Waals surface area contributed by atoms with E-state index in [9.17, 15) is 9.00 Å². The summed E-state index contributed by atoms with van der Waals surface area (Å²) in [6.07, 6.45) is 5.07. The summed E-state index contributed by atoms with van der Waals surface area (Å²) in [5, 5.41) is 3.06. The molecule has 2 fully saturated rings. The van der Waals surface area contributed by atoms with E-state index in [1.54, 1.807) is 6.26 Å². The van der Waals surface area contributed by atoms with Crippen LogP contribution in [0.25, 0.3) is 0 Å². The number of nitrogens with zero attached hydrogens (tertiary/aromatic N) is 2. The van der Waals surface area contributed by atoms with E-state index in [-0.39, 0.29) is 6.03 Å². The normalized spacial score (nSPS) is 25.8. The number of benzene rings is 1. The molecule has 5 nitrogen and oxygen atoms in total. The molecule has 1 aromatic rings. The molecule has 3 rings (SSSR count). The first-order valence-electron chi connectivity index (χ1n) is 8.70. The second kappa shape index (κ2) is 7.66. The molecular weight excluding hydrogens is 322 g/mol. The van der Waals surface area contributed by atoms with Gasteiger partial charge in [0.15, 0.2) is 0 Å². The lowest BCUT2D eigenvalue weighted by molar-refractivity contribution is 0.0532. The van der Waals surface area contributed by atoms with E-state index in [4.69, 9.17) is 0 Å². The molecule has 0 bridgehead atoms. The first-order valence-corrected chi connectivity index (χ1v) is 10.3. The molecule has 2 saturated heterocycles. The average Bonchev–Trinajstić information content (AvgIpc) is 2.59. The van der Waals surface area contributed by atoms with E-state index in [0.29, 0.717) is 18.5 Å². The van der Waals surface area contributed by atoms with Gasteiger partial charge in [-0.3, -0.25) is 4.21 Å². The van der Waals surface area contributed by atoms with Crippen molar-refractivity contribution < 1.29 is 9.00 Å². The average molecular weight is 350 g/mol. The first-order chi connectivity index (χ1) is 11.5. The minimum absolute atomic E-state index is 0.0531. The molecule has 0 radical (unpaired) electrons. The Hall–Kier alpha value is -1.40. The van der Waals surface area contributed by atoms with Crippen LogP contribution in [0.15, 0.2) is 29.2 Å². The summed E-state index contributed by atoms with van der Waals surface area (Å²) in [4.78, 5) is 17.9. The van der Waals surface area contributed by atoms with Gasteiger partial charge in [0.25, 0.3) is 0 Å². The van der Waals surface area contributed by atoms with Crippen LogP contribution < -0.4 is 5.32 Å². The highest BCUT2D eigenvalue weighted by Crippen LogP contribution is 2.30. The maximum atomic E-state index is 12.6. The molecule has 2 amide bonds. The van der Waals surface area contributed by atoms with Gasteiger partial charge < -0.3 is 15.1 Å². The third-order valence-corrected chi connectivity index (χ3v) is 6.17. The van der Waals surface area contributed by atoms with Crippen LogP contribution in [0, 0.1) is 5.92 Å². The largest absolute Gasteiger partial charge is 0.334 e. The Morgan fingerprint density at radius 1 is 1.25 bits per heavy atom. The van der Waals surface area contributed by atoms with Crippen LogP contribution in [0.5, 0.6) is 0 Å². The third-order valence-electron chi connectivity index (χ3n) is 5.23. The summed E-state index contributed by atoms with van der Waals surface area (Å²) in [5.74, 6) is 0.613. The molecule has 1 N–H and O–H groups in total. The van der Waals surface area contributed by atoms with Gasteiger partial charge in [-0.1, -0.05) is 12.1 Å². The quantitative estimate of drug-likeness (QED) is 0.909. The Morgan fingerprint density at radius 3 is 2.71 bits per heavy atom. The summed E-state index contributed by atoms with van der Waals surface area (Å²) in [6.45, 7) is 3.55. The molecule has 24 heavy (non-hydrogen) atoms. The molecule has 0 aliphatic carbocycles. The van der Waals surface area contributed by atoms with Gasteiger partial charge in [-0.05, 0) is 56.5 Å². The summed E-state index contributed by atoms with van der Waals surface area (Å²) < 4.78 is 11.4. The Labute approximate surface area is 146 Å². The van der Waals surface area contributed by atoms with Gasteiger partial charge >= 0.3 is 6.03 Å². The van der Waals surface area contributed by atoms with Crippen molar-refractivity contribution in [1.82, 2.24) is 15.1 Å². The molecular formula is C18H27N3O2S. The van der Waals surface area contributed by atoms with E-state index in [2.05, 4.69) is 22.2 Å². The lowest BCUT2D eigenvalue weighted by Crippen LogP contribution is -2.57. The van der Waals surface area contributed by atoms with E-state index in [0.717, 1.165) is 42.9 Å². The van der Waals surface area contributed by atoms with Gasteiger partial charge in [0.1, 0.15) is 0 Å². The number of hydrogen-bond donors (Lipinski definition) is 1. The number of amides is 2. The highest BCUT2D eigenvalue weighted by atomic mass is 32.2. The maximum Gasteiger partial charge on any atom is 0.317 e. The van der Waals surface area contributed by atoms with Crippen molar-refractivity contribution in [2.75, 3.05) is 32.9 Å². The Morgan fingerprint density at radius 2 is 2.00 bits per heavy atom. The zero-order chi connectivity index (χ0) is 17.1. The zero-order valence-electron chi connectivity index (χ0n) is 14.5. The monoisotopic (exact) mass is 349 g/mol. The number of rotatable bonds is 3. The summed E-state index contributed by atoms with van der Waals surface area (Å²) in [6, 6.07) is 8.05. The summed E-state index contributed by atoms with van der Waals surface area (Å²) in [7, 11) is 1.21. The molecule has 3 unspecified atom stereocenters. The molecule has 0 aromatic heterocycles. The minimum atomic E-state index is -0.961. The Kier molecular flexibility index (Phi) is 5.56. The van der Waals surface area contributed by atoms with Crippen molar-refractivity contribution >= 4 is 16.8 Å². The van der Waals surface area contributed by atoms with Crippen LogP contribution in [-0.4, -0.2) is 59.0 Å². The fourth-order valence-corrected chi connectivity index (χ4v) is 4.43. The molecule has 0 saturated carbocycles. The number of carbonyl (C=O) groups excluding carboxylic acids is 1. The SMILES string of the molecule is CN1CCC2C(CCCN2C(=O)NCc2ccc(S(C)=O)cc2)C1. The molecule has 2 aliphatic rings. The highest BCUT2D eigenvalue weighted by Gasteiger charge is 2.37. The van der Waals surface area contributed by atoms with E-state index in [1.165, 1.54) is 6.42 Å². The molecule has 0 spiro atoms. The molecule has 6 heteroatoms. The number of urea groups is 1. The molecule has 2 aliphatic heterocycles. The van der Waals surface area contributed by atoms with Gasteiger partial charge in [0, 0.05) is 47.6 Å². The first kappa shape index (κ1) is 17.4. The minimum Gasteiger partial charge on any atom is -0.334 e. The van der Waals surface area contributed by atoms with Crippen LogP contribution in [-0.2, 0) is 17.3 Å². The van der Waals surface area contributed by atoms with Crippen molar-refractivity contribution in [2.24, 2.45) is 5.92 Å². The van der Waals surface area contributed by atoms with Crippen molar-refractivity contribution in [1.29, 1.82) is 0 Å². The number of likely N-dealkylation sites (tertiary alicyclic amines) is 2. The standard InChI is InChI=1S/C18H27N3O2S/c1-20-11-9-17-15(13-20)4-3-10-21(17)18(22)19-12-14-5-7-16(8-6-14)24(2)23/h5-8,15,17H,3-4,9-13H2,1-2H3,(H,19,22). The van der Waals surface area contributed by atoms with Crippen LogP contribution in [0.4, 0.5) is 4.79 Å². The topological polar surface area (TPSA) is 52.6 Å². The molecule has 1 aromatic carbocycles. The number of piperidine rings is 2. The second-order valence-corrected chi connectivity index (χ2v) is 8.35. The number of fused-ring (bicyclic) bond motifs is 1.